The molecule has 1 fully saturated rings. The normalized spacial score (nSPS) is 20.3. The number of nitrogens with zero attached hydrogens (tertiary/aromatic N) is 1. The smallest absolute Gasteiger partial charge is 0.0702 e. The molecular formula is C14H21BrN2O. The molecule has 0 spiro atoms. The van der Waals surface area contributed by atoms with E-state index in [0.717, 1.165) is 29.9 Å². The Balaban J connectivity index is 1.90. The predicted octanol–water partition coefficient (Wildman–Crippen LogP) is 3.03. The van der Waals surface area contributed by atoms with Crippen LogP contribution in [0.5, 0.6) is 0 Å². The van der Waals surface area contributed by atoms with Crippen molar-refractivity contribution in [1.29, 1.82) is 0 Å². The number of nitrogen functional groups attached to an aromatic ring is 1. The lowest BCUT2D eigenvalue weighted by Gasteiger charge is -2.27. The van der Waals surface area contributed by atoms with E-state index in [1.165, 1.54) is 24.8 Å². The second-order valence-corrected chi connectivity index (χ2v) is 5.80. The van der Waals surface area contributed by atoms with Crippen molar-refractivity contribution >= 4 is 21.6 Å². The van der Waals surface area contributed by atoms with Gasteiger partial charge in [0.2, 0.25) is 0 Å². The lowest BCUT2D eigenvalue weighted by atomic mass is 10.1. The predicted molar refractivity (Wildman–Crippen MR) is 78.5 cm³/mol. The minimum absolute atomic E-state index is 0.392. The zero-order chi connectivity index (χ0) is 13.0. The average Bonchev–Trinajstić information content (AvgIpc) is 2.36. The fraction of sp³-hybridized carbons (Fsp3) is 0.571. The first-order valence-electron chi connectivity index (χ1n) is 6.50. The number of hydrogen-bond donors (Lipinski definition) is 1. The number of rotatable bonds is 4. The van der Waals surface area contributed by atoms with Crippen molar-refractivity contribution in [2.75, 3.05) is 25.9 Å². The molecule has 100 valence electrons. The molecule has 2 N–H and O–H groups in total. The topological polar surface area (TPSA) is 38.5 Å². The van der Waals surface area contributed by atoms with Crippen LogP contribution in [0.15, 0.2) is 22.7 Å². The molecule has 0 radical (unpaired) electrons. The van der Waals surface area contributed by atoms with Gasteiger partial charge < -0.3 is 10.5 Å². The number of ether oxygens (including phenoxy) is 1. The van der Waals surface area contributed by atoms with Crippen molar-refractivity contribution in [2.45, 2.75) is 31.9 Å². The number of benzene rings is 1. The number of nitrogens with two attached hydrogens (primary N) is 1. The fourth-order valence-electron chi connectivity index (χ4n) is 2.38. The minimum atomic E-state index is 0.392. The van der Waals surface area contributed by atoms with Crippen molar-refractivity contribution in [3.8, 4) is 0 Å². The van der Waals surface area contributed by atoms with Gasteiger partial charge in [-0.25, -0.2) is 0 Å². The van der Waals surface area contributed by atoms with E-state index >= 15 is 0 Å². The zero-order valence-electron chi connectivity index (χ0n) is 10.9. The molecule has 0 aromatic heterocycles. The van der Waals surface area contributed by atoms with Crippen LogP contribution in [0.4, 0.5) is 5.69 Å². The highest BCUT2D eigenvalue weighted by molar-refractivity contribution is 9.10. The summed E-state index contributed by atoms with van der Waals surface area (Å²) in [4.78, 5) is 2.30. The summed E-state index contributed by atoms with van der Waals surface area (Å²) in [7, 11) is 2.13. The quantitative estimate of drug-likeness (QED) is 0.869. The van der Waals surface area contributed by atoms with Gasteiger partial charge in [-0.3, -0.25) is 4.90 Å². The highest BCUT2D eigenvalue weighted by Crippen LogP contribution is 2.25. The van der Waals surface area contributed by atoms with Gasteiger partial charge >= 0.3 is 0 Å². The maximum atomic E-state index is 5.89. The number of hydrogen-bond acceptors (Lipinski definition) is 3. The summed E-state index contributed by atoms with van der Waals surface area (Å²) in [6.45, 7) is 2.80. The Kier molecular flexibility index (Phi) is 5.03. The Labute approximate surface area is 117 Å². The monoisotopic (exact) mass is 312 g/mol. The maximum absolute atomic E-state index is 5.89. The van der Waals surface area contributed by atoms with Crippen LogP contribution in [-0.2, 0) is 11.3 Å². The first-order valence-corrected chi connectivity index (χ1v) is 7.29. The molecular weight excluding hydrogens is 292 g/mol. The van der Waals surface area contributed by atoms with Gasteiger partial charge in [0.15, 0.2) is 0 Å². The maximum Gasteiger partial charge on any atom is 0.0702 e. The number of halogens is 1. The Bertz CT molecular complexity index is 391. The summed E-state index contributed by atoms with van der Waals surface area (Å²) in [5.41, 5.74) is 7.92. The Morgan fingerprint density at radius 3 is 3.00 bits per heavy atom. The molecule has 1 saturated heterocycles. The molecule has 3 nitrogen and oxygen atoms in total. The summed E-state index contributed by atoms with van der Waals surface area (Å²) in [6, 6.07) is 6.02. The molecule has 0 aliphatic carbocycles. The van der Waals surface area contributed by atoms with Crippen LogP contribution in [-0.4, -0.2) is 31.2 Å². The minimum Gasteiger partial charge on any atom is -0.398 e. The zero-order valence-corrected chi connectivity index (χ0v) is 12.4. The van der Waals surface area contributed by atoms with Crippen molar-refractivity contribution in [3.63, 3.8) is 0 Å². The first kappa shape index (κ1) is 13.8. The molecule has 0 amide bonds. The standard InChI is InChI=1S/C14H21BrN2O/c1-17(10-12-6-2-3-8-18-12)9-11-5-4-7-13(16)14(11)15/h4-5,7,12H,2-3,6,8-10,16H2,1H3. The molecule has 1 unspecified atom stereocenters. The van der Waals surface area contributed by atoms with Crippen molar-refractivity contribution in [1.82, 2.24) is 4.90 Å². The largest absolute Gasteiger partial charge is 0.398 e. The van der Waals surface area contributed by atoms with Gasteiger partial charge in [-0.2, -0.15) is 0 Å². The number of anilines is 1. The highest BCUT2D eigenvalue weighted by atomic mass is 79.9. The lowest BCUT2D eigenvalue weighted by molar-refractivity contribution is -0.00261. The molecule has 18 heavy (non-hydrogen) atoms. The molecule has 1 aliphatic heterocycles. The van der Waals surface area contributed by atoms with Gasteiger partial charge in [-0.1, -0.05) is 12.1 Å². The van der Waals surface area contributed by atoms with E-state index in [9.17, 15) is 0 Å². The van der Waals surface area contributed by atoms with E-state index in [2.05, 4.69) is 33.9 Å². The van der Waals surface area contributed by atoms with E-state index in [1.54, 1.807) is 0 Å². The van der Waals surface area contributed by atoms with Crippen LogP contribution in [0.3, 0.4) is 0 Å². The summed E-state index contributed by atoms with van der Waals surface area (Å²) < 4.78 is 6.78. The Morgan fingerprint density at radius 1 is 1.44 bits per heavy atom. The molecule has 1 heterocycles. The van der Waals surface area contributed by atoms with Crippen molar-refractivity contribution in [3.05, 3.63) is 28.2 Å². The molecule has 0 bridgehead atoms. The van der Waals surface area contributed by atoms with Gasteiger partial charge in [0.05, 0.1) is 6.10 Å². The van der Waals surface area contributed by atoms with Gasteiger partial charge in [-0.05, 0) is 53.9 Å². The van der Waals surface area contributed by atoms with E-state index < -0.39 is 0 Å². The molecule has 1 atom stereocenters. The second kappa shape index (κ2) is 6.55. The van der Waals surface area contributed by atoms with Crippen molar-refractivity contribution < 1.29 is 4.74 Å². The third-order valence-corrected chi connectivity index (χ3v) is 4.31. The van der Waals surface area contributed by atoms with E-state index in [-0.39, 0.29) is 0 Å². The van der Waals surface area contributed by atoms with Crippen LogP contribution < -0.4 is 5.73 Å². The summed E-state index contributed by atoms with van der Waals surface area (Å²) >= 11 is 3.55. The van der Waals surface area contributed by atoms with Gasteiger partial charge in [0, 0.05) is 29.9 Å². The Hall–Kier alpha value is -0.580. The lowest BCUT2D eigenvalue weighted by Crippen LogP contribution is -2.33. The number of likely N-dealkylation sites (N-methyl/N-ethyl adjacent to an activating group) is 1. The summed E-state index contributed by atoms with van der Waals surface area (Å²) in [5.74, 6) is 0. The van der Waals surface area contributed by atoms with Crippen molar-refractivity contribution in [2.24, 2.45) is 0 Å². The third-order valence-electron chi connectivity index (χ3n) is 3.34. The van der Waals surface area contributed by atoms with E-state index in [1.807, 2.05) is 12.1 Å². The van der Waals surface area contributed by atoms with E-state index in [4.69, 9.17) is 10.5 Å². The van der Waals surface area contributed by atoms with Crippen LogP contribution >= 0.6 is 15.9 Å². The third kappa shape index (κ3) is 3.70. The molecule has 1 aromatic rings. The summed E-state index contributed by atoms with van der Waals surface area (Å²) in [5, 5.41) is 0. The van der Waals surface area contributed by atoms with E-state index in [0.29, 0.717) is 6.10 Å². The average molecular weight is 313 g/mol. The molecule has 0 saturated carbocycles. The molecule has 2 rings (SSSR count). The fourth-order valence-corrected chi connectivity index (χ4v) is 2.77. The van der Waals surface area contributed by atoms with Gasteiger partial charge in [-0.15, -0.1) is 0 Å². The molecule has 1 aromatic carbocycles. The van der Waals surface area contributed by atoms with Crippen LogP contribution in [0.2, 0.25) is 0 Å². The van der Waals surface area contributed by atoms with Crippen LogP contribution in [0.1, 0.15) is 24.8 Å². The highest BCUT2D eigenvalue weighted by Gasteiger charge is 2.16. The SMILES string of the molecule is CN(Cc1cccc(N)c1Br)CC1CCCCO1. The van der Waals surface area contributed by atoms with Gasteiger partial charge in [0.25, 0.3) is 0 Å². The van der Waals surface area contributed by atoms with Gasteiger partial charge in [0.1, 0.15) is 0 Å². The first-order chi connectivity index (χ1) is 8.66. The van der Waals surface area contributed by atoms with Crippen LogP contribution in [0.25, 0.3) is 0 Å². The molecule has 4 heteroatoms. The van der Waals surface area contributed by atoms with Crippen LogP contribution in [0, 0.1) is 0 Å². The second-order valence-electron chi connectivity index (χ2n) is 5.01. The molecule has 1 aliphatic rings. The Morgan fingerprint density at radius 2 is 2.28 bits per heavy atom. The summed E-state index contributed by atoms with van der Waals surface area (Å²) in [6.07, 6.45) is 4.08.